The van der Waals surface area contributed by atoms with Gasteiger partial charge in [-0.1, -0.05) is 6.42 Å². The van der Waals surface area contributed by atoms with Gasteiger partial charge in [0.25, 0.3) is 5.69 Å². The molecule has 1 aliphatic carbocycles. The third-order valence-electron chi connectivity index (χ3n) is 4.42. The molecule has 0 spiro atoms. The maximum Gasteiger partial charge on any atom is 0.269 e. The van der Waals surface area contributed by atoms with E-state index in [2.05, 4.69) is 5.32 Å². The molecule has 0 aromatic heterocycles. The summed E-state index contributed by atoms with van der Waals surface area (Å²) < 4.78 is 0. The molecule has 1 aromatic carbocycles. The molecule has 0 aliphatic heterocycles. The molecule has 0 radical (unpaired) electrons. The number of carbonyl (C=O) groups excluding carboxylic acids is 1. The molecule has 1 aromatic rings. The molecule has 1 fully saturated rings. The number of rotatable bonds is 5. The van der Waals surface area contributed by atoms with Crippen LogP contribution in [0.5, 0.6) is 0 Å². The zero-order chi connectivity index (χ0) is 16.3. The summed E-state index contributed by atoms with van der Waals surface area (Å²) in [5, 5.41) is 13.7. The third kappa shape index (κ3) is 3.82. The molecule has 0 saturated heterocycles. The second-order valence-corrected chi connectivity index (χ2v) is 6.54. The minimum absolute atomic E-state index is 0.0225. The maximum atomic E-state index is 12.2. The van der Waals surface area contributed by atoms with E-state index in [4.69, 9.17) is 5.73 Å². The number of benzene rings is 1. The van der Waals surface area contributed by atoms with Crippen molar-refractivity contribution in [3.8, 4) is 0 Å². The zero-order valence-corrected chi connectivity index (χ0v) is 13.0. The molecule has 120 valence electrons. The summed E-state index contributed by atoms with van der Waals surface area (Å²) in [7, 11) is 0. The fourth-order valence-electron chi connectivity index (χ4n) is 3.03. The molecule has 1 amide bonds. The number of hydrogen-bond acceptors (Lipinski definition) is 4. The van der Waals surface area contributed by atoms with Crippen LogP contribution in [0.2, 0.25) is 0 Å². The lowest BCUT2D eigenvalue weighted by molar-refractivity contribution is -0.384. The van der Waals surface area contributed by atoms with E-state index < -0.39 is 10.5 Å². The lowest BCUT2D eigenvalue weighted by atomic mass is 9.92. The van der Waals surface area contributed by atoms with Gasteiger partial charge in [-0.05, 0) is 50.3 Å². The number of nitrogens with one attached hydrogen (secondary N) is 1. The van der Waals surface area contributed by atoms with Crippen molar-refractivity contribution in [3.05, 3.63) is 39.9 Å². The Labute approximate surface area is 130 Å². The van der Waals surface area contributed by atoms with E-state index >= 15 is 0 Å². The maximum absolute atomic E-state index is 12.2. The van der Waals surface area contributed by atoms with Gasteiger partial charge in [0.2, 0.25) is 5.91 Å². The Morgan fingerprint density at radius 1 is 1.36 bits per heavy atom. The van der Waals surface area contributed by atoms with Gasteiger partial charge < -0.3 is 11.1 Å². The van der Waals surface area contributed by atoms with Gasteiger partial charge >= 0.3 is 0 Å². The fourth-order valence-corrected chi connectivity index (χ4v) is 3.03. The highest BCUT2D eigenvalue weighted by molar-refractivity contribution is 5.77. The zero-order valence-electron chi connectivity index (χ0n) is 13.0. The first kappa shape index (κ1) is 16.4. The second kappa shape index (κ2) is 6.44. The van der Waals surface area contributed by atoms with E-state index in [9.17, 15) is 14.9 Å². The van der Waals surface area contributed by atoms with Crippen LogP contribution in [0.1, 0.15) is 45.1 Å². The normalized spacial score (nSPS) is 21.6. The molecule has 0 unspecified atom stereocenters. The first-order chi connectivity index (χ1) is 10.3. The third-order valence-corrected chi connectivity index (χ3v) is 4.42. The molecule has 6 nitrogen and oxygen atoms in total. The van der Waals surface area contributed by atoms with Gasteiger partial charge in [0, 0.05) is 24.6 Å². The van der Waals surface area contributed by atoms with Gasteiger partial charge in [0.15, 0.2) is 0 Å². The molecule has 3 N–H and O–H groups in total. The van der Waals surface area contributed by atoms with E-state index in [0.717, 1.165) is 24.8 Å². The second-order valence-electron chi connectivity index (χ2n) is 6.54. The Bertz CT molecular complexity index is 554. The van der Waals surface area contributed by atoms with Gasteiger partial charge in [-0.2, -0.15) is 0 Å². The van der Waals surface area contributed by atoms with E-state index in [-0.39, 0.29) is 23.6 Å². The number of nitro groups is 1. The van der Waals surface area contributed by atoms with Crippen LogP contribution >= 0.6 is 0 Å². The summed E-state index contributed by atoms with van der Waals surface area (Å²) in [5.41, 5.74) is 6.31. The molecule has 1 saturated carbocycles. The fraction of sp³-hybridized carbons (Fsp3) is 0.562. The minimum atomic E-state index is -0.574. The highest BCUT2D eigenvalue weighted by Gasteiger charge is 2.29. The molecule has 0 bridgehead atoms. The Hall–Kier alpha value is -1.95. The quantitative estimate of drug-likeness (QED) is 0.645. The molecule has 22 heavy (non-hydrogen) atoms. The highest BCUT2D eigenvalue weighted by Crippen LogP contribution is 2.28. The highest BCUT2D eigenvalue weighted by atomic mass is 16.6. The molecule has 1 aliphatic rings. The molecule has 6 heteroatoms. The number of nitrogens with two attached hydrogens (primary N) is 1. The van der Waals surface area contributed by atoms with Crippen molar-refractivity contribution in [1.82, 2.24) is 5.32 Å². The van der Waals surface area contributed by atoms with Crippen LogP contribution in [0.25, 0.3) is 0 Å². The molecular weight excluding hydrogens is 282 g/mol. The predicted octanol–water partition coefficient (Wildman–Crippen LogP) is 2.46. The van der Waals surface area contributed by atoms with Crippen molar-refractivity contribution in [1.29, 1.82) is 0 Å². The average molecular weight is 305 g/mol. The van der Waals surface area contributed by atoms with Crippen LogP contribution in [0.4, 0.5) is 5.69 Å². The number of nitro benzene ring substituents is 1. The molecular formula is C16H23N3O3. The summed E-state index contributed by atoms with van der Waals surface area (Å²) in [4.78, 5) is 22.5. The van der Waals surface area contributed by atoms with Gasteiger partial charge in [0.1, 0.15) is 0 Å². The monoisotopic (exact) mass is 305 g/mol. The summed E-state index contributed by atoms with van der Waals surface area (Å²) in [5.74, 6) is 0.235. The van der Waals surface area contributed by atoms with Crippen molar-refractivity contribution in [2.45, 2.75) is 51.1 Å². The molecule has 0 heterocycles. The van der Waals surface area contributed by atoms with E-state index in [0.29, 0.717) is 6.42 Å². The number of amides is 1. The van der Waals surface area contributed by atoms with Crippen LogP contribution in [0.3, 0.4) is 0 Å². The van der Waals surface area contributed by atoms with Crippen LogP contribution < -0.4 is 11.1 Å². The largest absolute Gasteiger partial charge is 0.347 e. The van der Waals surface area contributed by atoms with Crippen LogP contribution in [-0.4, -0.2) is 16.9 Å². The van der Waals surface area contributed by atoms with Crippen LogP contribution in [-0.2, 0) is 10.3 Å². The average Bonchev–Trinajstić information content (AvgIpc) is 2.83. The number of nitrogens with zero attached hydrogens (tertiary/aromatic N) is 1. The summed E-state index contributed by atoms with van der Waals surface area (Å²) in [6.45, 7) is 3.78. The lowest BCUT2D eigenvalue weighted by Crippen LogP contribution is -2.42. The van der Waals surface area contributed by atoms with Crippen molar-refractivity contribution in [2.24, 2.45) is 11.7 Å². The first-order valence-electron chi connectivity index (χ1n) is 7.61. The Morgan fingerprint density at radius 3 is 2.50 bits per heavy atom. The van der Waals surface area contributed by atoms with Gasteiger partial charge in [0.05, 0.1) is 10.5 Å². The smallest absolute Gasteiger partial charge is 0.269 e. The minimum Gasteiger partial charge on any atom is -0.347 e. The molecule has 2 rings (SSSR count). The van der Waals surface area contributed by atoms with Crippen molar-refractivity contribution >= 4 is 11.6 Å². The van der Waals surface area contributed by atoms with Gasteiger partial charge in [-0.15, -0.1) is 0 Å². The topological polar surface area (TPSA) is 98.3 Å². The van der Waals surface area contributed by atoms with Crippen molar-refractivity contribution in [3.63, 3.8) is 0 Å². The van der Waals surface area contributed by atoms with Crippen molar-refractivity contribution < 1.29 is 9.72 Å². The van der Waals surface area contributed by atoms with Crippen LogP contribution in [0, 0.1) is 16.0 Å². The van der Waals surface area contributed by atoms with E-state index in [1.165, 1.54) is 12.1 Å². The standard InChI is InChI=1S/C16H23N3O3/c1-16(2,12-6-8-13(9-7-12)19(21)22)18-15(20)10-11-4-3-5-14(11)17/h6-9,11,14H,3-5,10,17H2,1-2H3,(H,18,20)/t11-,14+/m0/s1. The van der Waals surface area contributed by atoms with Crippen LogP contribution in [0.15, 0.2) is 24.3 Å². The Morgan fingerprint density at radius 2 is 2.00 bits per heavy atom. The van der Waals surface area contributed by atoms with E-state index in [1.54, 1.807) is 12.1 Å². The summed E-state index contributed by atoms with van der Waals surface area (Å²) >= 11 is 0. The summed E-state index contributed by atoms with van der Waals surface area (Å²) in [6, 6.07) is 6.39. The van der Waals surface area contributed by atoms with Gasteiger partial charge in [-0.25, -0.2) is 0 Å². The van der Waals surface area contributed by atoms with Gasteiger partial charge in [-0.3, -0.25) is 14.9 Å². The number of hydrogen-bond donors (Lipinski definition) is 2. The molecule has 2 atom stereocenters. The first-order valence-corrected chi connectivity index (χ1v) is 7.61. The Balaban J connectivity index is 2.00. The Kier molecular flexibility index (Phi) is 4.81. The lowest BCUT2D eigenvalue weighted by Gasteiger charge is -2.28. The SMILES string of the molecule is CC(C)(NC(=O)C[C@@H]1CCC[C@H]1N)c1ccc([N+](=O)[O-])cc1. The number of carbonyl (C=O) groups is 1. The predicted molar refractivity (Wildman–Crippen MR) is 84.2 cm³/mol. The summed E-state index contributed by atoms with van der Waals surface area (Å²) in [6.07, 6.45) is 3.53. The van der Waals surface area contributed by atoms with Crippen molar-refractivity contribution in [2.75, 3.05) is 0 Å². The number of non-ortho nitro benzene ring substituents is 1. The van der Waals surface area contributed by atoms with E-state index in [1.807, 2.05) is 13.8 Å².